The van der Waals surface area contributed by atoms with Gasteiger partial charge in [-0.15, -0.1) is 0 Å². The maximum Gasteiger partial charge on any atom is 0.0233 e. The van der Waals surface area contributed by atoms with Crippen molar-refractivity contribution in [2.45, 2.75) is 54.0 Å². The van der Waals surface area contributed by atoms with Gasteiger partial charge in [0, 0.05) is 19.6 Å². The molecule has 0 bridgehead atoms. The first kappa shape index (κ1) is 15.6. The van der Waals surface area contributed by atoms with Gasteiger partial charge >= 0.3 is 0 Å². The number of rotatable bonds is 3. The largest absolute Gasteiger partial charge is 0.299 e. The van der Waals surface area contributed by atoms with Crippen molar-refractivity contribution in [1.82, 2.24) is 4.90 Å². The Hall–Kier alpha value is -0.820. The van der Waals surface area contributed by atoms with Crippen LogP contribution in [0.25, 0.3) is 0 Å². The molecular formula is C19H31N. The van der Waals surface area contributed by atoms with Crippen molar-refractivity contribution in [2.75, 3.05) is 13.1 Å². The van der Waals surface area contributed by atoms with Gasteiger partial charge in [-0.2, -0.15) is 0 Å². The molecule has 1 heterocycles. The lowest BCUT2D eigenvalue weighted by Crippen LogP contribution is -2.38. The standard InChI is InChI=1S/C19H31N/c1-15-10-16(2)13-20(12-15)14-18-8-6-17(7-9-18)11-19(3,4)5/h6-9,15-16H,10-14H2,1-5H3. The second kappa shape index (κ2) is 6.30. The molecule has 2 rings (SSSR count). The van der Waals surface area contributed by atoms with E-state index in [-0.39, 0.29) is 0 Å². The second-order valence-corrected chi connectivity index (χ2v) is 8.19. The molecule has 1 aliphatic heterocycles. The van der Waals surface area contributed by atoms with E-state index in [0.29, 0.717) is 5.41 Å². The SMILES string of the molecule is CC1CC(C)CN(Cc2ccc(CC(C)(C)C)cc2)C1. The van der Waals surface area contributed by atoms with Crippen LogP contribution in [0.1, 0.15) is 52.2 Å². The van der Waals surface area contributed by atoms with Crippen molar-refractivity contribution >= 4 is 0 Å². The van der Waals surface area contributed by atoms with E-state index in [2.05, 4.69) is 63.8 Å². The van der Waals surface area contributed by atoms with E-state index in [4.69, 9.17) is 0 Å². The van der Waals surface area contributed by atoms with Crippen LogP contribution in [0.3, 0.4) is 0 Å². The number of piperidine rings is 1. The van der Waals surface area contributed by atoms with Gasteiger partial charge in [0.05, 0.1) is 0 Å². The Balaban J connectivity index is 1.93. The van der Waals surface area contributed by atoms with E-state index in [1.165, 1.54) is 30.6 Å². The van der Waals surface area contributed by atoms with Crippen LogP contribution in [-0.2, 0) is 13.0 Å². The first-order chi connectivity index (χ1) is 9.32. The lowest BCUT2D eigenvalue weighted by atomic mass is 9.88. The normalized spacial score (nSPS) is 24.9. The Labute approximate surface area is 125 Å². The number of likely N-dealkylation sites (tertiary alicyclic amines) is 1. The molecule has 0 spiro atoms. The summed E-state index contributed by atoms with van der Waals surface area (Å²) in [7, 11) is 0. The maximum atomic E-state index is 2.62. The molecule has 0 radical (unpaired) electrons. The molecule has 1 aromatic carbocycles. The van der Waals surface area contributed by atoms with Crippen LogP contribution in [-0.4, -0.2) is 18.0 Å². The Kier molecular flexibility index (Phi) is 4.90. The third-order valence-electron chi connectivity index (χ3n) is 4.11. The van der Waals surface area contributed by atoms with Gasteiger partial charge in [0.25, 0.3) is 0 Å². The van der Waals surface area contributed by atoms with Crippen molar-refractivity contribution in [3.63, 3.8) is 0 Å². The fraction of sp³-hybridized carbons (Fsp3) is 0.684. The number of benzene rings is 1. The molecule has 0 amide bonds. The molecule has 2 atom stereocenters. The molecule has 1 fully saturated rings. The number of nitrogens with zero attached hydrogens (tertiary/aromatic N) is 1. The molecule has 0 aromatic heterocycles. The first-order valence-corrected chi connectivity index (χ1v) is 8.12. The molecule has 2 unspecified atom stereocenters. The van der Waals surface area contributed by atoms with Crippen molar-refractivity contribution in [3.05, 3.63) is 35.4 Å². The Morgan fingerprint density at radius 2 is 1.45 bits per heavy atom. The molecule has 20 heavy (non-hydrogen) atoms. The Bertz CT molecular complexity index is 402. The smallest absolute Gasteiger partial charge is 0.0233 e. The summed E-state index contributed by atoms with van der Waals surface area (Å²) < 4.78 is 0. The highest BCUT2D eigenvalue weighted by molar-refractivity contribution is 5.23. The Morgan fingerprint density at radius 1 is 0.950 bits per heavy atom. The first-order valence-electron chi connectivity index (χ1n) is 8.12. The van der Waals surface area contributed by atoms with Crippen LogP contribution in [0.5, 0.6) is 0 Å². The van der Waals surface area contributed by atoms with Gasteiger partial charge in [-0.1, -0.05) is 58.9 Å². The lowest BCUT2D eigenvalue weighted by molar-refractivity contribution is 0.134. The molecule has 112 valence electrons. The average Bonchev–Trinajstić information content (AvgIpc) is 2.28. The zero-order chi connectivity index (χ0) is 14.8. The third kappa shape index (κ3) is 4.94. The van der Waals surface area contributed by atoms with Crippen molar-refractivity contribution in [3.8, 4) is 0 Å². The Morgan fingerprint density at radius 3 is 1.95 bits per heavy atom. The topological polar surface area (TPSA) is 3.24 Å². The minimum atomic E-state index is 0.374. The summed E-state index contributed by atoms with van der Waals surface area (Å²) in [5, 5.41) is 0. The van der Waals surface area contributed by atoms with Gasteiger partial charge < -0.3 is 0 Å². The van der Waals surface area contributed by atoms with Crippen LogP contribution in [0.4, 0.5) is 0 Å². The molecule has 1 saturated heterocycles. The average molecular weight is 273 g/mol. The monoisotopic (exact) mass is 273 g/mol. The predicted molar refractivity (Wildman–Crippen MR) is 87.8 cm³/mol. The van der Waals surface area contributed by atoms with E-state index >= 15 is 0 Å². The third-order valence-corrected chi connectivity index (χ3v) is 4.11. The summed E-state index contributed by atoms with van der Waals surface area (Å²) >= 11 is 0. The summed E-state index contributed by atoms with van der Waals surface area (Å²) in [4.78, 5) is 2.62. The highest BCUT2D eigenvalue weighted by atomic mass is 15.1. The fourth-order valence-corrected chi connectivity index (χ4v) is 3.55. The quantitative estimate of drug-likeness (QED) is 0.768. The van der Waals surface area contributed by atoms with Gasteiger partial charge in [-0.25, -0.2) is 0 Å². The molecule has 0 aliphatic carbocycles. The molecule has 0 N–H and O–H groups in total. The van der Waals surface area contributed by atoms with Gasteiger partial charge in [0.15, 0.2) is 0 Å². The molecule has 1 aromatic rings. The predicted octanol–water partition coefficient (Wildman–Crippen LogP) is 4.75. The molecule has 0 saturated carbocycles. The van der Waals surface area contributed by atoms with E-state index in [1.807, 2.05) is 0 Å². The van der Waals surface area contributed by atoms with Crippen molar-refractivity contribution in [2.24, 2.45) is 17.3 Å². The zero-order valence-corrected chi connectivity index (χ0v) is 13.9. The maximum absolute atomic E-state index is 2.62. The molecule has 1 aliphatic rings. The fourth-order valence-electron chi connectivity index (χ4n) is 3.55. The molecule has 1 nitrogen and oxygen atoms in total. The van der Waals surface area contributed by atoms with E-state index < -0.39 is 0 Å². The van der Waals surface area contributed by atoms with Crippen LogP contribution in [0, 0.1) is 17.3 Å². The zero-order valence-electron chi connectivity index (χ0n) is 13.9. The highest BCUT2D eigenvalue weighted by Crippen LogP contribution is 2.24. The van der Waals surface area contributed by atoms with Crippen LogP contribution in [0.15, 0.2) is 24.3 Å². The van der Waals surface area contributed by atoms with Crippen LogP contribution >= 0.6 is 0 Å². The van der Waals surface area contributed by atoms with Gasteiger partial charge in [0.1, 0.15) is 0 Å². The molecular weight excluding hydrogens is 242 g/mol. The minimum Gasteiger partial charge on any atom is -0.299 e. The van der Waals surface area contributed by atoms with E-state index in [1.54, 1.807) is 0 Å². The highest BCUT2D eigenvalue weighted by Gasteiger charge is 2.21. The number of hydrogen-bond donors (Lipinski definition) is 0. The van der Waals surface area contributed by atoms with Gasteiger partial charge in [0.2, 0.25) is 0 Å². The van der Waals surface area contributed by atoms with Gasteiger partial charge in [-0.3, -0.25) is 4.90 Å². The van der Waals surface area contributed by atoms with Gasteiger partial charge in [-0.05, 0) is 41.2 Å². The minimum absolute atomic E-state index is 0.374. The van der Waals surface area contributed by atoms with Crippen LogP contribution < -0.4 is 0 Å². The van der Waals surface area contributed by atoms with Crippen molar-refractivity contribution < 1.29 is 0 Å². The van der Waals surface area contributed by atoms with E-state index in [9.17, 15) is 0 Å². The van der Waals surface area contributed by atoms with Crippen molar-refractivity contribution in [1.29, 1.82) is 0 Å². The summed E-state index contributed by atoms with van der Waals surface area (Å²) in [5.74, 6) is 1.69. The summed E-state index contributed by atoms with van der Waals surface area (Å²) in [5.41, 5.74) is 3.30. The van der Waals surface area contributed by atoms with E-state index in [0.717, 1.165) is 24.8 Å². The lowest BCUT2D eigenvalue weighted by Gasteiger charge is -2.35. The summed E-state index contributed by atoms with van der Waals surface area (Å²) in [6.07, 6.45) is 2.55. The second-order valence-electron chi connectivity index (χ2n) is 8.19. The molecule has 1 heteroatoms. The number of hydrogen-bond acceptors (Lipinski definition) is 1. The van der Waals surface area contributed by atoms with Crippen LogP contribution in [0.2, 0.25) is 0 Å². The summed E-state index contributed by atoms with van der Waals surface area (Å²) in [6.45, 7) is 15.3. The summed E-state index contributed by atoms with van der Waals surface area (Å²) in [6, 6.07) is 9.28.